The molecule has 1 aromatic heterocycles. The van der Waals surface area contributed by atoms with Crippen molar-refractivity contribution >= 4 is 41.0 Å². The third kappa shape index (κ3) is 7.09. The topological polar surface area (TPSA) is 42.0 Å². The molecule has 1 atom stereocenters. The molecule has 0 radical (unpaired) electrons. The number of thioether (sulfide) groups is 2. The van der Waals surface area contributed by atoms with E-state index in [0.29, 0.717) is 11.7 Å². The molecule has 1 aromatic rings. The zero-order valence-electron chi connectivity index (χ0n) is 11.2. The first kappa shape index (κ1) is 16.7. The predicted octanol–water partition coefficient (Wildman–Crippen LogP) is 3.08. The van der Waals surface area contributed by atoms with Crippen LogP contribution in [0.3, 0.4) is 0 Å². The van der Waals surface area contributed by atoms with E-state index in [-0.39, 0.29) is 11.8 Å². The molecule has 0 aromatic carbocycles. The highest BCUT2D eigenvalue weighted by Crippen LogP contribution is 2.14. The molecule has 0 aliphatic carbocycles. The second-order valence-electron chi connectivity index (χ2n) is 4.19. The van der Waals surface area contributed by atoms with Gasteiger partial charge in [0.2, 0.25) is 5.91 Å². The van der Waals surface area contributed by atoms with Crippen molar-refractivity contribution < 1.29 is 4.79 Å². The number of hydrogen-bond acceptors (Lipinski definition) is 4. The third-order valence-electron chi connectivity index (χ3n) is 2.47. The first-order valence-corrected chi connectivity index (χ1v) is 9.01. The highest BCUT2D eigenvalue weighted by atomic mass is 35.5. The van der Waals surface area contributed by atoms with Crippen molar-refractivity contribution in [2.45, 2.75) is 12.7 Å². The molecule has 0 fully saturated rings. The maximum Gasteiger partial charge on any atom is 0.223 e. The van der Waals surface area contributed by atoms with Gasteiger partial charge in [-0.1, -0.05) is 18.5 Å². The van der Waals surface area contributed by atoms with Crippen LogP contribution in [0, 0.1) is 5.92 Å². The molecule has 1 heterocycles. The van der Waals surface area contributed by atoms with Crippen molar-refractivity contribution in [3.8, 4) is 0 Å². The van der Waals surface area contributed by atoms with Crippen molar-refractivity contribution in [3.05, 3.63) is 29.0 Å². The van der Waals surface area contributed by atoms with E-state index < -0.39 is 0 Å². The molecular weight excluding hydrogens is 300 g/mol. The number of rotatable bonds is 8. The summed E-state index contributed by atoms with van der Waals surface area (Å²) in [5, 5.41) is 3.48. The molecule has 0 bridgehead atoms. The van der Waals surface area contributed by atoms with E-state index in [9.17, 15) is 4.79 Å². The van der Waals surface area contributed by atoms with Crippen LogP contribution in [0.15, 0.2) is 18.3 Å². The summed E-state index contributed by atoms with van der Waals surface area (Å²) in [5.74, 6) is 2.88. The smallest absolute Gasteiger partial charge is 0.223 e. The fourth-order valence-corrected chi connectivity index (χ4v) is 3.12. The molecular formula is C13H19ClN2OS2. The summed E-state index contributed by atoms with van der Waals surface area (Å²) in [6.45, 7) is 2.67. The van der Waals surface area contributed by atoms with E-state index in [4.69, 9.17) is 11.6 Å². The number of amides is 1. The lowest BCUT2D eigenvalue weighted by atomic mass is 10.2. The number of nitrogens with zero attached hydrogens (tertiary/aromatic N) is 1. The molecule has 1 unspecified atom stereocenters. The van der Waals surface area contributed by atoms with Crippen molar-refractivity contribution in [1.29, 1.82) is 0 Å². The van der Waals surface area contributed by atoms with Crippen LogP contribution < -0.4 is 5.32 Å². The van der Waals surface area contributed by atoms with Gasteiger partial charge in [0, 0.05) is 35.9 Å². The van der Waals surface area contributed by atoms with Crippen LogP contribution >= 0.6 is 35.1 Å². The van der Waals surface area contributed by atoms with E-state index >= 15 is 0 Å². The molecule has 1 N–H and O–H groups in total. The van der Waals surface area contributed by atoms with Crippen molar-refractivity contribution in [3.63, 3.8) is 0 Å². The Hall–Kier alpha value is -0.390. The molecule has 0 spiro atoms. The van der Waals surface area contributed by atoms with Gasteiger partial charge in [-0.25, -0.2) is 4.98 Å². The second kappa shape index (κ2) is 9.50. The number of carbonyl (C=O) groups is 1. The lowest BCUT2D eigenvalue weighted by molar-refractivity contribution is -0.123. The molecule has 1 rings (SSSR count). The first-order valence-electron chi connectivity index (χ1n) is 6.08. The molecule has 0 saturated carbocycles. The Balaban J connectivity index is 2.13. The molecule has 0 aliphatic heterocycles. The average molecular weight is 319 g/mol. The average Bonchev–Trinajstić information content (AvgIpc) is 2.38. The summed E-state index contributed by atoms with van der Waals surface area (Å²) in [6, 6.07) is 3.83. The van der Waals surface area contributed by atoms with Gasteiger partial charge in [0.1, 0.15) is 5.15 Å². The maximum absolute atomic E-state index is 11.7. The van der Waals surface area contributed by atoms with Crippen LogP contribution in [-0.4, -0.2) is 35.2 Å². The lowest BCUT2D eigenvalue weighted by Crippen LogP contribution is -2.32. The fourth-order valence-electron chi connectivity index (χ4n) is 1.47. The highest BCUT2D eigenvalue weighted by Gasteiger charge is 2.10. The molecule has 0 saturated heterocycles. The zero-order chi connectivity index (χ0) is 14.1. The molecule has 19 heavy (non-hydrogen) atoms. The minimum Gasteiger partial charge on any atom is -0.355 e. The van der Waals surface area contributed by atoms with Gasteiger partial charge in [-0.2, -0.15) is 23.5 Å². The van der Waals surface area contributed by atoms with E-state index in [2.05, 4.69) is 10.3 Å². The van der Waals surface area contributed by atoms with Crippen LogP contribution in [-0.2, 0) is 10.5 Å². The van der Waals surface area contributed by atoms with Gasteiger partial charge in [-0.3, -0.25) is 4.79 Å². The van der Waals surface area contributed by atoms with Crippen LogP contribution in [0.5, 0.6) is 0 Å². The van der Waals surface area contributed by atoms with Gasteiger partial charge < -0.3 is 5.32 Å². The summed E-state index contributed by atoms with van der Waals surface area (Å²) < 4.78 is 0. The minimum absolute atomic E-state index is 0.0824. The standard InChI is InChI=1S/C13H19ClN2OS2/c1-10(8-18-2)13(17)16-5-6-19-9-11-3-4-15-12(14)7-11/h3-4,7,10H,5-6,8-9H2,1-2H3,(H,16,17). The highest BCUT2D eigenvalue weighted by molar-refractivity contribution is 7.98. The van der Waals surface area contributed by atoms with Gasteiger partial charge >= 0.3 is 0 Å². The lowest BCUT2D eigenvalue weighted by Gasteiger charge is -2.10. The number of hydrogen-bond donors (Lipinski definition) is 1. The Bertz CT molecular complexity index is 404. The number of carbonyl (C=O) groups excluding carboxylic acids is 1. The summed E-state index contributed by atoms with van der Waals surface area (Å²) in [5.41, 5.74) is 1.16. The largest absolute Gasteiger partial charge is 0.355 e. The van der Waals surface area contributed by atoms with Gasteiger partial charge in [0.15, 0.2) is 0 Å². The van der Waals surface area contributed by atoms with Crippen molar-refractivity contribution in [1.82, 2.24) is 10.3 Å². The summed E-state index contributed by atoms with van der Waals surface area (Å²) in [7, 11) is 0. The summed E-state index contributed by atoms with van der Waals surface area (Å²) in [4.78, 5) is 15.6. The summed E-state index contributed by atoms with van der Waals surface area (Å²) in [6.07, 6.45) is 3.73. The van der Waals surface area contributed by atoms with E-state index in [1.165, 1.54) is 0 Å². The quantitative estimate of drug-likeness (QED) is 0.591. The SMILES string of the molecule is CSCC(C)C(=O)NCCSCc1ccnc(Cl)c1. The Morgan fingerprint density at radius 2 is 2.37 bits per heavy atom. The Kier molecular flexibility index (Phi) is 8.34. The van der Waals surface area contributed by atoms with E-state index in [1.807, 2.05) is 25.3 Å². The van der Waals surface area contributed by atoms with E-state index in [1.54, 1.807) is 29.7 Å². The number of halogens is 1. The normalized spacial score (nSPS) is 12.2. The summed E-state index contributed by atoms with van der Waals surface area (Å²) >= 11 is 9.28. The Morgan fingerprint density at radius 1 is 1.58 bits per heavy atom. The van der Waals surface area contributed by atoms with Crippen LogP contribution in [0.1, 0.15) is 12.5 Å². The maximum atomic E-state index is 11.7. The minimum atomic E-state index is 0.0824. The predicted molar refractivity (Wildman–Crippen MR) is 86.0 cm³/mol. The number of pyridine rings is 1. The number of aromatic nitrogens is 1. The number of nitrogens with one attached hydrogen (secondary N) is 1. The van der Waals surface area contributed by atoms with Crippen LogP contribution in [0.25, 0.3) is 0 Å². The molecule has 6 heteroatoms. The van der Waals surface area contributed by atoms with Crippen molar-refractivity contribution in [2.24, 2.45) is 5.92 Å². The monoisotopic (exact) mass is 318 g/mol. The van der Waals surface area contributed by atoms with Gasteiger partial charge in [0.05, 0.1) is 0 Å². The molecule has 106 valence electrons. The van der Waals surface area contributed by atoms with Crippen molar-refractivity contribution in [2.75, 3.05) is 24.3 Å². The molecule has 0 aliphatic rings. The van der Waals surface area contributed by atoms with Crippen LogP contribution in [0.4, 0.5) is 0 Å². The third-order valence-corrected chi connectivity index (χ3v) is 4.54. The Labute approximate surface area is 128 Å². The first-order chi connectivity index (χ1) is 9.13. The van der Waals surface area contributed by atoms with Gasteiger partial charge in [-0.15, -0.1) is 0 Å². The van der Waals surface area contributed by atoms with Gasteiger partial charge in [0.25, 0.3) is 0 Å². The second-order valence-corrected chi connectivity index (χ2v) is 6.59. The fraction of sp³-hybridized carbons (Fsp3) is 0.538. The molecule has 1 amide bonds. The Morgan fingerprint density at radius 3 is 3.05 bits per heavy atom. The van der Waals surface area contributed by atoms with Crippen LogP contribution in [0.2, 0.25) is 5.15 Å². The zero-order valence-corrected chi connectivity index (χ0v) is 13.6. The molecule has 3 nitrogen and oxygen atoms in total. The van der Waals surface area contributed by atoms with Gasteiger partial charge in [-0.05, 0) is 24.0 Å². The van der Waals surface area contributed by atoms with E-state index in [0.717, 1.165) is 22.8 Å².